The van der Waals surface area contributed by atoms with E-state index in [1.165, 1.54) is 11.1 Å². The van der Waals surface area contributed by atoms with Crippen molar-refractivity contribution >= 4 is 56.2 Å². The van der Waals surface area contributed by atoms with E-state index in [0.29, 0.717) is 5.56 Å². The summed E-state index contributed by atoms with van der Waals surface area (Å²) in [5.41, 5.74) is 17.0. The predicted octanol–water partition coefficient (Wildman–Crippen LogP) is 17.4. The van der Waals surface area contributed by atoms with Gasteiger partial charge in [-0.15, -0.1) is 0 Å². The van der Waals surface area contributed by atoms with E-state index < -0.39 is 23.2 Å². The van der Waals surface area contributed by atoms with E-state index in [2.05, 4.69) is 200 Å². The molecule has 69 heavy (non-hydrogen) atoms. The summed E-state index contributed by atoms with van der Waals surface area (Å²) in [6.07, 6.45) is 1.57. The Morgan fingerprint density at radius 1 is 0.435 bits per heavy atom. The first kappa shape index (κ1) is 43.8. The Bertz CT molecular complexity index is 3590. The van der Waals surface area contributed by atoms with Crippen molar-refractivity contribution in [2.45, 2.75) is 66.2 Å². The maximum atomic E-state index is 14.4. The Morgan fingerprint density at radius 3 is 1.42 bits per heavy atom. The minimum absolute atomic E-state index is 0.00504. The summed E-state index contributed by atoms with van der Waals surface area (Å²) in [4.78, 5) is 29.8. The summed E-state index contributed by atoms with van der Waals surface area (Å²) < 4.78 is 28.8. The molecule has 11 rings (SSSR count). The molecule has 2 aliphatic rings. The summed E-state index contributed by atoms with van der Waals surface area (Å²) in [6, 6.07) is 53.9. The predicted molar refractivity (Wildman–Crippen MR) is 281 cm³/mol. The third kappa shape index (κ3) is 7.05. The lowest BCUT2D eigenvalue weighted by Gasteiger charge is -2.29. The van der Waals surface area contributed by atoms with E-state index in [0.717, 1.165) is 106 Å². The van der Waals surface area contributed by atoms with Crippen LogP contribution in [0, 0.1) is 25.5 Å². The molecule has 338 valence electrons. The maximum absolute atomic E-state index is 14.4. The SMILES string of the molecule is Cc1ccccc1-c1c2c(c(-c3ccccc3C)c3cc(C=C4C(=O)c5cc(F)c(F)cc5C4=O)ccc13)-c1cccc3c(N(c4ccc(C(C)(C)C)cc4)c4ccc(C(C)(C)C)cc4)ccc-2c13. The van der Waals surface area contributed by atoms with E-state index in [9.17, 15) is 18.4 Å². The molecule has 9 aromatic rings. The number of carbonyl (C=O) groups is 2. The maximum Gasteiger partial charge on any atom is 0.197 e. The standard InChI is InChI=1S/C64H51F2NO2/c1-36-14-9-11-16-43(36)57-45-29-20-38(33-52-61(68)50-34-53(65)54(66)35-51(50)62(52)69)32-49(45)58(44-17-12-10-15-37(44)2)59-47-19-13-18-46-55(31-30-48(56(46)47)60(57)59)67(41-25-21-39(22-26-41)63(3,4)5)42-27-23-40(24-28-42)64(6,7)8/h9-35H,1-8H3. The molecule has 0 fully saturated rings. The molecule has 5 heteroatoms. The number of carbonyl (C=O) groups excluding carboxylic acids is 2. The summed E-state index contributed by atoms with van der Waals surface area (Å²) in [5.74, 6) is -3.57. The number of hydrogen-bond donors (Lipinski definition) is 0. The number of benzene rings is 9. The average Bonchev–Trinajstić information content (AvgIpc) is 3.76. The van der Waals surface area contributed by atoms with Crippen molar-refractivity contribution in [1.29, 1.82) is 0 Å². The first-order valence-corrected chi connectivity index (χ1v) is 23.6. The van der Waals surface area contributed by atoms with Crippen LogP contribution in [-0.2, 0) is 10.8 Å². The van der Waals surface area contributed by atoms with Crippen molar-refractivity contribution in [2.24, 2.45) is 0 Å². The number of fused-ring (bicyclic) bond motifs is 5. The van der Waals surface area contributed by atoms with E-state index in [-0.39, 0.29) is 27.5 Å². The fourth-order valence-electron chi connectivity index (χ4n) is 10.7. The van der Waals surface area contributed by atoms with Crippen LogP contribution in [-0.4, -0.2) is 11.6 Å². The number of aryl methyl sites for hydroxylation is 2. The van der Waals surface area contributed by atoms with E-state index in [4.69, 9.17) is 0 Å². The van der Waals surface area contributed by atoms with Gasteiger partial charge in [0.1, 0.15) is 0 Å². The van der Waals surface area contributed by atoms with E-state index >= 15 is 0 Å². The highest BCUT2D eigenvalue weighted by Crippen LogP contribution is 2.60. The molecule has 0 aromatic heterocycles. The Hall–Kier alpha value is -7.76. The summed E-state index contributed by atoms with van der Waals surface area (Å²) >= 11 is 0. The average molecular weight is 904 g/mol. The summed E-state index contributed by atoms with van der Waals surface area (Å²) in [7, 11) is 0. The normalized spacial score (nSPS) is 13.1. The van der Waals surface area contributed by atoms with Crippen LogP contribution in [0.4, 0.5) is 25.8 Å². The highest BCUT2D eigenvalue weighted by atomic mass is 19.2. The van der Waals surface area contributed by atoms with Gasteiger partial charge >= 0.3 is 0 Å². The number of Topliss-reactive ketones (excluding diaryl/α,β-unsaturated/α-hetero) is 2. The molecule has 2 aliphatic carbocycles. The van der Waals surface area contributed by atoms with Crippen LogP contribution in [0.1, 0.15) is 90.1 Å². The first-order valence-electron chi connectivity index (χ1n) is 23.6. The first-order chi connectivity index (χ1) is 33.0. The summed E-state index contributed by atoms with van der Waals surface area (Å²) in [5, 5.41) is 4.25. The van der Waals surface area contributed by atoms with Crippen LogP contribution in [0.25, 0.3) is 72.1 Å². The quantitative estimate of drug-likeness (QED) is 0.123. The fraction of sp³-hybridized carbons (Fsp3) is 0.156. The molecule has 0 unspecified atom stereocenters. The highest BCUT2D eigenvalue weighted by Gasteiger charge is 2.36. The molecule has 9 aromatic carbocycles. The lowest BCUT2D eigenvalue weighted by atomic mass is 9.80. The van der Waals surface area contributed by atoms with Gasteiger partial charge in [0, 0.05) is 27.9 Å². The van der Waals surface area contributed by atoms with Gasteiger partial charge in [0.15, 0.2) is 23.2 Å². The van der Waals surface area contributed by atoms with Crippen LogP contribution in [0.5, 0.6) is 0 Å². The third-order valence-electron chi connectivity index (χ3n) is 14.3. The lowest BCUT2D eigenvalue weighted by molar-refractivity contribution is 0.0990. The summed E-state index contributed by atoms with van der Waals surface area (Å²) in [6.45, 7) is 17.7. The molecule has 3 nitrogen and oxygen atoms in total. The van der Waals surface area contributed by atoms with Crippen molar-refractivity contribution in [3.05, 3.63) is 214 Å². The van der Waals surface area contributed by atoms with Crippen LogP contribution >= 0.6 is 0 Å². The van der Waals surface area contributed by atoms with Crippen molar-refractivity contribution in [2.75, 3.05) is 4.90 Å². The van der Waals surface area contributed by atoms with Crippen LogP contribution in [0.15, 0.2) is 163 Å². The van der Waals surface area contributed by atoms with Gasteiger partial charge in [-0.05, 0) is 168 Å². The van der Waals surface area contributed by atoms with Crippen molar-refractivity contribution in [3.63, 3.8) is 0 Å². The Morgan fingerprint density at radius 2 is 0.913 bits per heavy atom. The Labute approximate surface area is 402 Å². The molecule has 0 atom stereocenters. The van der Waals surface area contributed by atoms with E-state index in [1.807, 2.05) is 6.07 Å². The van der Waals surface area contributed by atoms with Crippen molar-refractivity contribution in [1.82, 2.24) is 0 Å². The number of allylic oxidation sites excluding steroid dienone is 1. The molecular weight excluding hydrogens is 853 g/mol. The zero-order chi connectivity index (χ0) is 48.3. The fourth-order valence-corrected chi connectivity index (χ4v) is 10.7. The molecule has 0 heterocycles. The van der Waals surface area contributed by atoms with Gasteiger partial charge in [0.2, 0.25) is 0 Å². The number of hydrogen-bond acceptors (Lipinski definition) is 3. The molecule has 0 amide bonds. The van der Waals surface area contributed by atoms with Crippen molar-refractivity contribution < 1.29 is 18.4 Å². The van der Waals surface area contributed by atoms with Gasteiger partial charge in [-0.1, -0.05) is 151 Å². The minimum atomic E-state index is -1.16. The molecule has 0 aliphatic heterocycles. The van der Waals surface area contributed by atoms with Crippen LogP contribution in [0.3, 0.4) is 0 Å². The smallest absolute Gasteiger partial charge is 0.197 e. The lowest BCUT2D eigenvalue weighted by Crippen LogP contribution is -2.14. The second kappa shape index (κ2) is 15.9. The Kier molecular flexibility index (Phi) is 10.1. The molecule has 0 saturated carbocycles. The molecule has 0 radical (unpaired) electrons. The second-order valence-electron chi connectivity index (χ2n) is 20.8. The number of halogens is 2. The molecule has 0 N–H and O–H groups in total. The molecule has 0 bridgehead atoms. The van der Waals surface area contributed by atoms with E-state index in [1.54, 1.807) is 6.08 Å². The van der Waals surface area contributed by atoms with Crippen LogP contribution < -0.4 is 4.90 Å². The van der Waals surface area contributed by atoms with Gasteiger partial charge in [-0.3, -0.25) is 9.59 Å². The molecular formula is C64H51F2NO2. The number of nitrogens with zero attached hydrogens (tertiary/aromatic N) is 1. The highest BCUT2D eigenvalue weighted by molar-refractivity contribution is 6.41. The number of rotatable bonds is 6. The largest absolute Gasteiger partial charge is 0.310 e. The van der Waals surface area contributed by atoms with Crippen molar-refractivity contribution in [3.8, 4) is 44.5 Å². The third-order valence-corrected chi connectivity index (χ3v) is 14.3. The van der Waals surface area contributed by atoms with Gasteiger partial charge in [0.05, 0.1) is 11.3 Å². The Balaban J connectivity index is 1.20. The zero-order valence-corrected chi connectivity index (χ0v) is 40.1. The van der Waals surface area contributed by atoms with Gasteiger partial charge < -0.3 is 4.90 Å². The second-order valence-corrected chi connectivity index (χ2v) is 20.8. The number of ketones is 2. The van der Waals surface area contributed by atoms with Gasteiger partial charge in [-0.25, -0.2) is 8.78 Å². The number of anilines is 3. The molecule has 0 spiro atoms. The van der Waals surface area contributed by atoms with Gasteiger partial charge in [0.25, 0.3) is 0 Å². The zero-order valence-electron chi connectivity index (χ0n) is 40.1. The topological polar surface area (TPSA) is 37.4 Å². The molecule has 0 saturated heterocycles. The monoisotopic (exact) mass is 903 g/mol. The van der Waals surface area contributed by atoms with Gasteiger partial charge in [-0.2, -0.15) is 0 Å². The minimum Gasteiger partial charge on any atom is -0.310 e. The van der Waals surface area contributed by atoms with Crippen LogP contribution in [0.2, 0.25) is 0 Å².